The molecule has 0 aliphatic heterocycles. The number of anilines is 1. The van der Waals surface area contributed by atoms with E-state index in [-0.39, 0.29) is 5.41 Å². The molecular weight excluding hydrogens is 305 g/mol. The molecule has 0 saturated carbocycles. The molecule has 1 aromatic rings. The summed E-state index contributed by atoms with van der Waals surface area (Å²) in [6.07, 6.45) is 2.83. The Morgan fingerprint density at radius 2 is 2.20 bits per heavy atom. The molecule has 0 aromatic carbocycles. The molecule has 1 heterocycles. The fourth-order valence-electron chi connectivity index (χ4n) is 0.942. The second-order valence-corrected chi connectivity index (χ2v) is 5.64. The van der Waals surface area contributed by atoms with Gasteiger partial charge in [0.15, 0.2) is 0 Å². The first kappa shape index (κ1) is 12.6. The van der Waals surface area contributed by atoms with Crippen LogP contribution < -0.4 is 5.32 Å². The highest BCUT2D eigenvalue weighted by Crippen LogP contribution is 2.20. The van der Waals surface area contributed by atoms with Crippen molar-refractivity contribution in [3.05, 3.63) is 16.1 Å². The van der Waals surface area contributed by atoms with Gasteiger partial charge in [-0.1, -0.05) is 20.8 Å². The average Bonchev–Trinajstić information content (AvgIpc) is 2.14. The van der Waals surface area contributed by atoms with Crippen LogP contribution in [-0.2, 0) is 0 Å². The van der Waals surface area contributed by atoms with Gasteiger partial charge in [-0.25, -0.2) is 9.97 Å². The van der Waals surface area contributed by atoms with E-state index in [4.69, 9.17) is 0 Å². The lowest BCUT2D eigenvalue weighted by Crippen LogP contribution is -2.33. The van der Waals surface area contributed by atoms with Crippen LogP contribution in [0.15, 0.2) is 12.5 Å². The fourth-order valence-corrected chi connectivity index (χ4v) is 1.43. The van der Waals surface area contributed by atoms with Crippen LogP contribution in [-0.4, -0.2) is 27.7 Å². The van der Waals surface area contributed by atoms with Gasteiger partial charge in [0.05, 0.1) is 9.67 Å². The molecule has 84 valence electrons. The van der Waals surface area contributed by atoms with E-state index >= 15 is 0 Å². The Morgan fingerprint density at radius 1 is 1.53 bits per heavy atom. The van der Waals surface area contributed by atoms with E-state index in [2.05, 4.69) is 37.9 Å². The molecule has 0 amide bonds. The molecule has 0 saturated heterocycles. The first-order valence-corrected chi connectivity index (χ1v) is 5.86. The summed E-state index contributed by atoms with van der Waals surface area (Å²) in [5.74, 6) is 0.772. The van der Waals surface area contributed by atoms with E-state index in [1.165, 1.54) is 6.33 Å². The third-order valence-electron chi connectivity index (χ3n) is 2.13. The molecule has 1 rings (SSSR count). The quantitative estimate of drug-likeness (QED) is 0.835. The van der Waals surface area contributed by atoms with E-state index in [1.807, 2.05) is 20.8 Å². The predicted molar refractivity (Wildman–Crippen MR) is 68.7 cm³/mol. The van der Waals surface area contributed by atoms with Gasteiger partial charge < -0.3 is 10.4 Å². The average molecular weight is 321 g/mol. The van der Waals surface area contributed by atoms with Crippen LogP contribution in [0.3, 0.4) is 0 Å². The van der Waals surface area contributed by atoms with E-state index in [0.717, 1.165) is 9.39 Å². The van der Waals surface area contributed by atoms with Gasteiger partial charge in [-0.05, 0) is 28.0 Å². The zero-order chi connectivity index (χ0) is 11.5. The van der Waals surface area contributed by atoms with Gasteiger partial charge in [-0.3, -0.25) is 0 Å². The molecule has 0 aliphatic carbocycles. The van der Waals surface area contributed by atoms with E-state index in [0.29, 0.717) is 6.54 Å². The van der Waals surface area contributed by atoms with Gasteiger partial charge in [0, 0.05) is 12.7 Å². The first-order valence-electron chi connectivity index (χ1n) is 4.78. The summed E-state index contributed by atoms with van der Waals surface area (Å²) in [6.45, 7) is 6.51. The number of nitrogens with one attached hydrogen (secondary N) is 1. The molecule has 0 aliphatic rings. The van der Waals surface area contributed by atoms with Crippen molar-refractivity contribution in [2.45, 2.75) is 26.9 Å². The van der Waals surface area contributed by atoms with Crippen LogP contribution in [0.5, 0.6) is 0 Å². The lowest BCUT2D eigenvalue weighted by Gasteiger charge is -2.26. The smallest absolute Gasteiger partial charge is 0.142 e. The highest BCUT2D eigenvalue weighted by atomic mass is 127. The lowest BCUT2D eigenvalue weighted by molar-refractivity contribution is 0.0745. The lowest BCUT2D eigenvalue weighted by atomic mass is 9.89. The Balaban J connectivity index is 2.55. The van der Waals surface area contributed by atoms with E-state index < -0.39 is 6.10 Å². The summed E-state index contributed by atoms with van der Waals surface area (Å²) < 4.78 is 0.955. The molecule has 0 spiro atoms. The maximum Gasteiger partial charge on any atom is 0.142 e. The van der Waals surface area contributed by atoms with Crippen LogP contribution in [0.2, 0.25) is 0 Å². The second-order valence-electron chi connectivity index (χ2n) is 4.48. The van der Waals surface area contributed by atoms with Crippen molar-refractivity contribution in [1.82, 2.24) is 9.97 Å². The topological polar surface area (TPSA) is 58.0 Å². The molecule has 0 fully saturated rings. The Hall–Kier alpha value is -0.430. The Bertz CT molecular complexity index is 325. The zero-order valence-corrected chi connectivity index (χ0v) is 11.3. The van der Waals surface area contributed by atoms with Crippen molar-refractivity contribution in [2.24, 2.45) is 5.41 Å². The van der Waals surface area contributed by atoms with Crippen LogP contribution in [0.25, 0.3) is 0 Å². The van der Waals surface area contributed by atoms with Crippen molar-refractivity contribution in [2.75, 3.05) is 11.9 Å². The maximum atomic E-state index is 9.83. The molecule has 0 radical (unpaired) electrons. The number of aliphatic hydroxyl groups excluding tert-OH is 1. The van der Waals surface area contributed by atoms with Gasteiger partial charge in [-0.2, -0.15) is 0 Å². The Kier molecular flexibility index (Phi) is 4.27. The summed E-state index contributed by atoms with van der Waals surface area (Å²) >= 11 is 2.16. The summed E-state index contributed by atoms with van der Waals surface area (Å²) in [5, 5.41) is 12.9. The number of halogens is 1. The molecule has 5 heteroatoms. The molecule has 15 heavy (non-hydrogen) atoms. The van der Waals surface area contributed by atoms with E-state index in [1.54, 1.807) is 6.20 Å². The van der Waals surface area contributed by atoms with Crippen LogP contribution >= 0.6 is 22.6 Å². The predicted octanol–water partition coefficient (Wildman–Crippen LogP) is 1.90. The van der Waals surface area contributed by atoms with Crippen molar-refractivity contribution in [3.8, 4) is 0 Å². The van der Waals surface area contributed by atoms with Gasteiger partial charge in [-0.15, -0.1) is 0 Å². The summed E-state index contributed by atoms with van der Waals surface area (Å²) in [7, 11) is 0. The van der Waals surface area contributed by atoms with Crippen molar-refractivity contribution < 1.29 is 5.11 Å². The number of hydrogen-bond acceptors (Lipinski definition) is 4. The standard InChI is InChI=1S/C10H16IN3O/c1-10(2,3)8(15)5-13-9-7(11)4-12-6-14-9/h4,6,8,15H,5H2,1-3H3,(H,12,13,14). The third kappa shape index (κ3) is 3.90. The largest absolute Gasteiger partial charge is 0.391 e. The maximum absolute atomic E-state index is 9.83. The molecule has 1 unspecified atom stereocenters. The van der Waals surface area contributed by atoms with Crippen molar-refractivity contribution in [1.29, 1.82) is 0 Å². The van der Waals surface area contributed by atoms with Gasteiger partial charge >= 0.3 is 0 Å². The first-order chi connectivity index (χ1) is 6.91. The number of aromatic nitrogens is 2. The van der Waals surface area contributed by atoms with Gasteiger partial charge in [0.2, 0.25) is 0 Å². The van der Waals surface area contributed by atoms with E-state index in [9.17, 15) is 5.11 Å². The zero-order valence-electron chi connectivity index (χ0n) is 9.16. The van der Waals surface area contributed by atoms with Crippen LogP contribution in [0.4, 0.5) is 5.82 Å². The minimum absolute atomic E-state index is 0.120. The summed E-state index contributed by atoms with van der Waals surface area (Å²) in [6, 6.07) is 0. The highest BCUT2D eigenvalue weighted by molar-refractivity contribution is 14.1. The molecule has 2 N–H and O–H groups in total. The SMILES string of the molecule is CC(C)(C)C(O)CNc1ncncc1I. The minimum atomic E-state index is -0.400. The van der Waals surface area contributed by atoms with Crippen molar-refractivity contribution >= 4 is 28.4 Å². The molecule has 1 atom stereocenters. The van der Waals surface area contributed by atoms with Crippen LogP contribution in [0.1, 0.15) is 20.8 Å². The minimum Gasteiger partial charge on any atom is -0.391 e. The fraction of sp³-hybridized carbons (Fsp3) is 0.600. The highest BCUT2D eigenvalue weighted by Gasteiger charge is 2.21. The normalized spacial score (nSPS) is 13.7. The van der Waals surface area contributed by atoms with Crippen LogP contribution in [0, 0.1) is 8.99 Å². The molecule has 0 bridgehead atoms. The van der Waals surface area contributed by atoms with Gasteiger partial charge in [0.25, 0.3) is 0 Å². The monoisotopic (exact) mass is 321 g/mol. The number of aliphatic hydroxyl groups is 1. The molecular formula is C10H16IN3O. The number of nitrogens with zero attached hydrogens (tertiary/aromatic N) is 2. The third-order valence-corrected chi connectivity index (χ3v) is 2.92. The second kappa shape index (κ2) is 5.07. The molecule has 1 aromatic heterocycles. The summed E-state index contributed by atoms with van der Waals surface area (Å²) in [5.41, 5.74) is -0.120. The number of rotatable bonds is 3. The number of hydrogen-bond donors (Lipinski definition) is 2. The molecule has 4 nitrogen and oxygen atoms in total. The summed E-state index contributed by atoms with van der Waals surface area (Å²) in [4.78, 5) is 7.99. The van der Waals surface area contributed by atoms with Gasteiger partial charge in [0.1, 0.15) is 12.1 Å². The van der Waals surface area contributed by atoms with Crippen molar-refractivity contribution in [3.63, 3.8) is 0 Å². The Morgan fingerprint density at radius 3 is 2.73 bits per heavy atom. The Labute approximate surface area is 104 Å².